The standard InChI is InChI=1S/C42H77NOS/c1-4-6-8-10-12-14-16-18-20-22-24-26-28-30-32-34-36-44-40-42(38-43(3)39-42)41-45-37-35-33-31-29-27-25-23-21-19-17-15-13-11-9-7-5-2/h12-15,18-21H,4-11,16-17,22-41H2,1-3H3/b14-12-,15-13-,20-18-,21-19-. The van der Waals surface area contributed by atoms with E-state index in [-0.39, 0.29) is 0 Å². The maximum atomic E-state index is 6.23. The monoisotopic (exact) mass is 644 g/mol. The molecule has 0 atom stereocenters. The first kappa shape index (κ1) is 42.3. The van der Waals surface area contributed by atoms with E-state index in [0.29, 0.717) is 5.41 Å². The maximum Gasteiger partial charge on any atom is 0.0554 e. The Morgan fingerprint density at radius 2 is 0.956 bits per heavy atom. The Hall–Kier alpha value is -0.770. The molecule has 0 spiro atoms. The van der Waals surface area contributed by atoms with E-state index in [9.17, 15) is 0 Å². The Morgan fingerprint density at radius 3 is 1.42 bits per heavy atom. The second-order valence-corrected chi connectivity index (χ2v) is 15.1. The summed E-state index contributed by atoms with van der Waals surface area (Å²) in [5.74, 6) is 2.60. The zero-order chi connectivity index (χ0) is 32.4. The van der Waals surface area contributed by atoms with Crippen molar-refractivity contribution in [2.45, 2.75) is 168 Å². The van der Waals surface area contributed by atoms with Crippen molar-refractivity contribution in [2.24, 2.45) is 5.41 Å². The molecule has 0 aliphatic carbocycles. The lowest BCUT2D eigenvalue weighted by Crippen LogP contribution is -2.58. The highest BCUT2D eigenvalue weighted by atomic mass is 32.2. The normalized spacial score (nSPS) is 15.4. The fourth-order valence-corrected chi connectivity index (χ4v) is 7.54. The van der Waals surface area contributed by atoms with Crippen molar-refractivity contribution in [3.8, 4) is 0 Å². The molecule has 2 nitrogen and oxygen atoms in total. The molecular formula is C42H77NOS. The first-order chi connectivity index (χ1) is 22.2. The van der Waals surface area contributed by atoms with Crippen molar-refractivity contribution in [3.05, 3.63) is 48.6 Å². The number of unbranched alkanes of at least 4 members (excludes halogenated alkanes) is 18. The molecule has 1 fully saturated rings. The topological polar surface area (TPSA) is 12.5 Å². The van der Waals surface area contributed by atoms with Crippen LogP contribution < -0.4 is 0 Å². The third-order valence-electron chi connectivity index (χ3n) is 9.01. The van der Waals surface area contributed by atoms with E-state index < -0.39 is 0 Å². The molecule has 262 valence electrons. The third-order valence-corrected chi connectivity index (χ3v) is 10.4. The van der Waals surface area contributed by atoms with Crippen molar-refractivity contribution < 1.29 is 4.74 Å². The molecule has 0 bridgehead atoms. The summed E-state index contributed by atoms with van der Waals surface area (Å²) in [6.45, 7) is 8.89. The molecule has 3 heteroatoms. The predicted octanol–water partition coefficient (Wildman–Crippen LogP) is 13.3. The smallest absolute Gasteiger partial charge is 0.0554 e. The summed E-state index contributed by atoms with van der Waals surface area (Å²) >= 11 is 2.19. The zero-order valence-corrected chi connectivity index (χ0v) is 31.4. The molecule has 1 heterocycles. The van der Waals surface area contributed by atoms with Crippen LogP contribution in [0.4, 0.5) is 0 Å². The van der Waals surface area contributed by atoms with Gasteiger partial charge in [-0.2, -0.15) is 11.8 Å². The molecule has 0 aromatic carbocycles. The average molecular weight is 644 g/mol. The van der Waals surface area contributed by atoms with Crippen LogP contribution in [-0.2, 0) is 4.74 Å². The van der Waals surface area contributed by atoms with Gasteiger partial charge in [-0.3, -0.25) is 0 Å². The number of hydrogen-bond acceptors (Lipinski definition) is 3. The van der Waals surface area contributed by atoms with Gasteiger partial charge < -0.3 is 9.64 Å². The summed E-state index contributed by atoms with van der Waals surface area (Å²) in [5, 5.41) is 0. The van der Waals surface area contributed by atoms with Gasteiger partial charge in [-0.15, -0.1) is 0 Å². The summed E-state index contributed by atoms with van der Waals surface area (Å²) in [4.78, 5) is 2.46. The molecule has 0 aromatic rings. The predicted molar refractivity (Wildman–Crippen MR) is 207 cm³/mol. The fraction of sp³-hybridized carbons (Fsp3) is 0.810. The summed E-state index contributed by atoms with van der Waals surface area (Å²) in [5.41, 5.74) is 0.413. The van der Waals surface area contributed by atoms with Crippen molar-refractivity contribution in [1.29, 1.82) is 0 Å². The first-order valence-electron chi connectivity index (χ1n) is 19.7. The number of rotatable bonds is 34. The van der Waals surface area contributed by atoms with Crippen molar-refractivity contribution in [3.63, 3.8) is 0 Å². The highest BCUT2D eigenvalue weighted by Gasteiger charge is 2.41. The Labute approximate surface area is 287 Å². The molecule has 45 heavy (non-hydrogen) atoms. The van der Waals surface area contributed by atoms with E-state index in [0.717, 1.165) is 26.1 Å². The lowest BCUT2D eigenvalue weighted by molar-refractivity contribution is -0.0387. The molecule has 0 radical (unpaired) electrons. The van der Waals surface area contributed by atoms with Crippen molar-refractivity contribution in [2.75, 3.05) is 44.9 Å². The molecule has 1 aliphatic heterocycles. The van der Waals surface area contributed by atoms with Gasteiger partial charge in [0.2, 0.25) is 0 Å². The summed E-state index contributed by atoms with van der Waals surface area (Å²) in [6, 6.07) is 0. The Morgan fingerprint density at radius 1 is 0.533 bits per heavy atom. The van der Waals surface area contributed by atoms with E-state index >= 15 is 0 Å². The maximum absolute atomic E-state index is 6.23. The lowest BCUT2D eigenvalue weighted by atomic mass is 9.83. The van der Waals surface area contributed by atoms with E-state index in [1.54, 1.807) is 0 Å². The van der Waals surface area contributed by atoms with Gasteiger partial charge in [0.05, 0.1) is 6.61 Å². The quantitative estimate of drug-likeness (QED) is 0.0511. The molecule has 0 saturated carbocycles. The van der Waals surface area contributed by atoms with Gasteiger partial charge in [0.15, 0.2) is 0 Å². The number of thioether (sulfide) groups is 1. The van der Waals surface area contributed by atoms with Crippen LogP contribution in [0.3, 0.4) is 0 Å². The summed E-state index contributed by atoms with van der Waals surface area (Å²) in [7, 11) is 2.26. The lowest BCUT2D eigenvalue weighted by Gasteiger charge is -2.48. The summed E-state index contributed by atoms with van der Waals surface area (Å²) < 4.78 is 6.23. The Bertz CT molecular complexity index is 666. The number of allylic oxidation sites excluding steroid dienone is 8. The largest absolute Gasteiger partial charge is 0.381 e. The minimum Gasteiger partial charge on any atom is -0.381 e. The first-order valence-corrected chi connectivity index (χ1v) is 20.8. The van der Waals surface area contributed by atoms with E-state index in [1.807, 2.05) is 0 Å². The molecule has 0 amide bonds. The minimum atomic E-state index is 0.413. The molecule has 0 N–H and O–H groups in total. The van der Waals surface area contributed by atoms with Gasteiger partial charge in [-0.05, 0) is 89.9 Å². The number of ether oxygens (including phenoxy) is 1. The average Bonchev–Trinajstić information content (AvgIpc) is 3.02. The molecule has 0 unspecified atom stereocenters. The Balaban J connectivity index is 1.89. The number of likely N-dealkylation sites (tertiary alicyclic amines) is 1. The van der Waals surface area contributed by atoms with E-state index in [1.165, 1.54) is 166 Å². The highest BCUT2D eigenvalue weighted by Crippen LogP contribution is 2.34. The second-order valence-electron chi connectivity index (χ2n) is 13.9. The van der Waals surface area contributed by atoms with Gasteiger partial charge in [0, 0.05) is 30.9 Å². The highest BCUT2D eigenvalue weighted by molar-refractivity contribution is 7.99. The Kier molecular flexibility index (Phi) is 31.1. The van der Waals surface area contributed by atoms with E-state index in [4.69, 9.17) is 4.74 Å². The van der Waals surface area contributed by atoms with Crippen LogP contribution in [0.25, 0.3) is 0 Å². The summed E-state index contributed by atoms with van der Waals surface area (Å²) in [6.07, 6.45) is 50.5. The SMILES string of the molecule is CCCCC/C=C\C/C=C\CCCCCCCCOCC1(CSCCCCCCCC/C=C\C/C=C\CCCCC)CN(C)C1. The molecule has 0 aromatic heterocycles. The second kappa shape index (κ2) is 33.1. The van der Waals surface area contributed by atoms with Crippen molar-refractivity contribution in [1.82, 2.24) is 4.90 Å². The zero-order valence-electron chi connectivity index (χ0n) is 30.6. The van der Waals surface area contributed by atoms with Crippen LogP contribution in [0.15, 0.2) is 48.6 Å². The van der Waals surface area contributed by atoms with Crippen LogP contribution in [0.5, 0.6) is 0 Å². The van der Waals surface area contributed by atoms with Gasteiger partial charge in [-0.25, -0.2) is 0 Å². The van der Waals surface area contributed by atoms with Crippen molar-refractivity contribution >= 4 is 11.8 Å². The van der Waals surface area contributed by atoms with E-state index in [2.05, 4.69) is 86.2 Å². The van der Waals surface area contributed by atoms with Crippen LogP contribution in [-0.4, -0.2) is 49.8 Å². The molecule has 1 aliphatic rings. The van der Waals surface area contributed by atoms with Gasteiger partial charge in [0.25, 0.3) is 0 Å². The van der Waals surface area contributed by atoms with Crippen LogP contribution in [0.2, 0.25) is 0 Å². The molecule has 1 rings (SSSR count). The van der Waals surface area contributed by atoms with Gasteiger partial charge in [-0.1, -0.05) is 140 Å². The molecular weight excluding hydrogens is 567 g/mol. The van der Waals surface area contributed by atoms with Gasteiger partial charge in [0.1, 0.15) is 0 Å². The van der Waals surface area contributed by atoms with Crippen LogP contribution in [0.1, 0.15) is 168 Å². The van der Waals surface area contributed by atoms with Crippen LogP contribution in [0, 0.1) is 5.41 Å². The number of hydrogen-bond donors (Lipinski definition) is 0. The fourth-order valence-electron chi connectivity index (χ4n) is 6.29. The number of nitrogens with zero attached hydrogens (tertiary/aromatic N) is 1. The van der Waals surface area contributed by atoms with Crippen LogP contribution >= 0.6 is 11.8 Å². The van der Waals surface area contributed by atoms with Gasteiger partial charge >= 0.3 is 0 Å². The third kappa shape index (κ3) is 28.0. The minimum absolute atomic E-state index is 0.413. The molecule has 1 saturated heterocycles.